The molecule has 7 heteroatoms. The molecule has 112 valence electrons. The summed E-state index contributed by atoms with van der Waals surface area (Å²) in [7, 11) is -3.08. The first-order chi connectivity index (χ1) is 9.34. The van der Waals surface area contributed by atoms with Crippen molar-refractivity contribution < 1.29 is 13.2 Å². The fraction of sp³-hybridized carbons (Fsp3) is 0.462. The van der Waals surface area contributed by atoms with E-state index in [1.54, 1.807) is 17.9 Å². The first-order valence-corrected chi connectivity index (χ1v) is 8.20. The van der Waals surface area contributed by atoms with Gasteiger partial charge < -0.3 is 11.5 Å². The van der Waals surface area contributed by atoms with Crippen LogP contribution in [0.5, 0.6) is 0 Å². The predicted octanol–water partition coefficient (Wildman–Crippen LogP) is -0.00920. The number of anilines is 1. The average molecular weight is 299 g/mol. The molecule has 0 aliphatic carbocycles. The number of nitrogen functional groups attached to an aromatic ring is 1. The number of rotatable bonds is 8. The lowest BCUT2D eigenvalue weighted by Gasteiger charge is -2.21. The molecule has 0 spiro atoms. The molecule has 1 amide bonds. The van der Waals surface area contributed by atoms with E-state index in [4.69, 9.17) is 11.5 Å². The maximum Gasteiger partial charge on any atom is 0.231 e. The van der Waals surface area contributed by atoms with Gasteiger partial charge in [-0.2, -0.15) is 0 Å². The lowest BCUT2D eigenvalue weighted by Crippen LogP contribution is -2.36. The number of sulfone groups is 1. The maximum absolute atomic E-state index is 11.5. The number of hydrogen-bond donors (Lipinski definition) is 2. The number of benzene rings is 1. The number of para-hydroxylation sites is 1. The molecule has 1 aromatic carbocycles. The molecule has 0 radical (unpaired) electrons. The van der Waals surface area contributed by atoms with E-state index in [0.717, 1.165) is 5.56 Å². The van der Waals surface area contributed by atoms with Gasteiger partial charge in [-0.25, -0.2) is 8.42 Å². The minimum Gasteiger partial charge on any atom is -0.398 e. The Hall–Kier alpha value is -1.60. The lowest BCUT2D eigenvalue weighted by molar-refractivity contribution is -0.119. The Bertz CT molecular complexity index is 558. The fourth-order valence-electron chi connectivity index (χ4n) is 1.77. The Kier molecular flexibility index (Phi) is 5.97. The monoisotopic (exact) mass is 299 g/mol. The first-order valence-electron chi connectivity index (χ1n) is 6.38. The van der Waals surface area contributed by atoms with Gasteiger partial charge in [0.05, 0.1) is 12.3 Å². The van der Waals surface area contributed by atoms with Crippen molar-refractivity contribution >= 4 is 21.4 Å². The molecule has 1 rings (SSSR count). The van der Waals surface area contributed by atoms with E-state index in [-0.39, 0.29) is 24.6 Å². The molecule has 0 fully saturated rings. The number of primary amides is 1. The van der Waals surface area contributed by atoms with Crippen LogP contribution in [0.1, 0.15) is 12.5 Å². The van der Waals surface area contributed by atoms with Crippen LogP contribution >= 0.6 is 0 Å². The summed E-state index contributed by atoms with van der Waals surface area (Å²) >= 11 is 0. The third kappa shape index (κ3) is 5.58. The van der Waals surface area contributed by atoms with E-state index in [1.807, 2.05) is 18.2 Å². The van der Waals surface area contributed by atoms with E-state index in [0.29, 0.717) is 12.2 Å². The molecular formula is C13H21N3O3S. The Labute approximate surface area is 119 Å². The summed E-state index contributed by atoms with van der Waals surface area (Å²) in [6.45, 7) is 2.26. The molecular weight excluding hydrogens is 278 g/mol. The van der Waals surface area contributed by atoms with Crippen LogP contribution in [0.25, 0.3) is 0 Å². The average Bonchev–Trinajstić information content (AvgIpc) is 2.38. The van der Waals surface area contributed by atoms with Crippen LogP contribution in [0, 0.1) is 0 Å². The zero-order valence-corrected chi connectivity index (χ0v) is 12.4. The van der Waals surface area contributed by atoms with Gasteiger partial charge in [-0.05, 0) is 11.6 Å². The second-order valence-electron chi connectivity index (χ2n) is 4.61. The molecule has 1 aromatic rings. The molecule has 0 heterocycles. The zero-order chi connectivity index (χ0) is 15.2. The lowest BCUT2D eigenvalue weighted by atomic mass is 10.1. The van der Waals surface area contributed by atoms with Crippen molar-refractivity contribution in [3.05, 3.63) is 29.8 Å². The summed E-state index contributed by atoms with van der Waals surface area (Å²) < 4.78 is 23.1. The second-order valence-corrected chi connectivity index (χ2v) is 7.08. The van der Waals surface area contributed by atoms with Crippen LogP contribution in [-0.2, 0) is 21.2 Å². The van der Waals surface area contributed by atoms with Crippen LogP contribution in [0.3, 0.4) is 0 Å². The van der Waals surface area contributed by atoms with Crippen LogP contribution in [0.2, 0.25) is 0 Å². The van der Waals surface area contributed by atoms with Gasteiger partial charge in [-0.3, -0.25) is 9.69 Å². The predicted molar refractivity (Wildman–Crippen MR) is 79.7 cm³/mol. The third-order valence-corrected chi connectivity index (χ3v) is 4.67. The van der Waals surface area contributed by atoms with Crippen LogP contribution < -0.4 is 11.5 Å². The van der Waals surface area contributed by atoms with Gasteiger partial charge in [0.25, 0.3) is 0 Å². The van der Waals surface area contributed by atoms with Gasteiger partial charge in [-0.1, -0.05) is 25.1 Å². The van der Waals surface area contributed by atoms with Gasteiger partial charge in [0.15, 0.2) is 9.84 Å². The van der Waals surface area contributed by atoms with Gasteiger partial charge in [-0.15, -0.1) is 0 Å². The highest BCUT2D eigenvalue weighted by Crippen LogP contribution is 2.13. The summed E-state index contributed by atoms with van der Waals surface area (Å²) in [5, 5.41) is 0. The second kappa shape index (κ2) is 7.25. The minimum absolute atomic E-state index is 0.00349. The quantitative estimate of drug-likeness (QED) is 0.657. The van der Waals surface area contributed by atoms with E-state index in [2.05, 4.69) is 0 Å². The molecule has 0 aliphatic rings. The van der Waals surface area contributed by atoms with E-state index < -0.39 is 15.7 Å². The van der Waals surface area contributed by atoms with Gasteiger partial charge in [0.2, 0.25) is 5.91 Å². The van der Waals surface area contributed by atoms with Crippen LogP contribution in [0.4, 0.5) is 5.69 Å². The number of nitrogens with zero attached hydrogens (tertiary/aromatic N) is 1. The molecule has 0 bridgehead atoms. The molecule has 20 heavy (non-hydrogen) atoms. The van der Waals surface area contributed by atoms with Crippen LogP contribution in [0.15, 0.2) is 24.3 Å². The largest absolute Gasteiger partial charge is 0.398 e. The summed E-state index contributed by atoms with van der Waals surface area (Å²) in [5.74, 6) is -0.401. The third-order valence-electron chi connectivity index (χ3n) is 2.99. The Balaban J connectivity index is 2.75. The van der Waals surface area contributed by atoms with Crippen molar-refractivity contribution in [3.8, 4) is 0 Å². The zero-order valence-electron chi connectivity index (χ0n) is 11.6. The van der Waals surface area contributed by atoms with Crippen LogP contribution in [-0.4, -0.2) is 43.8 Å². The summed E-state index contributed by atoms with van der Waals surface area (Å²) in [6, 6.07) is 7.27. The smallest absolute Gasteiger partial charge is 0.231 e. The number of hydrogen-bond acceptors (Lipinski definition) is 5. The summed E-state index contributed by atoms with van der Waals surface area (Å²) in [4.78, 5) is 12.8. The highest BCUT2D eigenvalue weighted by atomic mass is 32.2. The van der Waals surface area contributed by atoms with Gasteiger partial charge in [0.1, 0.15) is 0 Å². The Morgan fingerprint density at radius 3 is 2.50 bits per heavy atom. The SMILES string of the molecule is CCS(=O)(=O)CCN(CC(N)=O)Cc1ccccc1N. The van der Waals surface area contributed by atoms with E-state index in [1.165, 1.54) is 0 Å². The topological polar surface area (TPSA) is 106 Å². The van der Waals surface area contributed by atoms with E-state index in [9.17, 15) is 13.2 Å². The Morgan fingerprint density at radius 2 is 1.95 bits per heavy atom. The molecule has 4 N–H and O–H groups in total. The number of amides is 1. The van der Waals surface area contributed by atoms with Crippen molar-refractivity contribution in [3.63, 3.8) is 0 Å². The number of carbonyl (C=O) groups excluding carboxylic acids is 1. The molecule has 0 aromatic heterocycles. The Morgan fingerprint density at radius 1 is 1.30 bits per heavy atom. The molecule has 6 nitrogen and oxygen atoms in total. The van der Waals surface area contributed by atoms with Gasteiger partial charge in [0, 0.05) is 24.5 Å². The van der Waals surface area contributed by atoms with Crippen molar-refractivity contribution in [2.24, 2.45) is 5.73 Å². The van der Waals surface area contributed by atoms with Crippen molar-refractivity contribution in [1.82, 2.24) is 4.90 Å². The highest BCUT2D eigenvalue weighted by molar-refractivity contribution is 7.91. The van der Waals surface area contributed by atoms with Crippen molar-refractivity contribution in [2.75, 3.05) is 30.3 Å². The minimum atomic E-state index is -3.08. The van der Waals surface area contributed by atoms with Crippen molar-refractivity contribution in [1.29, 1.82) is 0 Å². The highest BCUT2D eigenvalue weighted by Gasteiger charge is 2.15. The molecule has 0 atom stereocenters. The summed E-state index contributed by atoms with van der Waals surface area (Å²) in [5.41, 5.74) is 12.5. The van der Waals surface area contributed by atoms with Crippen molar-refractivity contribution in [2.45, 2.75) is 13.5 Å². The number of carbonyl (C=O) groups is 1. The molecule has 0 aliphatic heterocycles. The molecule has 0 unspecified atom stereocenters. The van der Waals surface area contributed by atoms with Gasteiger partial charge >= 0.3 is 0 Å². The normalized spacial score (nSPS) is 11.7. The fourth-order valence-corrected chi connectivity index (χ4v) is 2.59. The molecule has 0 saturated heterocycles. The number of nitrogens with two attached hydrogens (primary N) is 2. The summed E-state index contributed by atoms with van der Waals surface area (Å²) in [6.07, 6.45) is 0. The standard InChI is InChI=1S/C13H21N3O3S/c1-2-20(18,19)8-7-16(10-13(15)17)9-11-5-3-4-6-12(11)14/h3-6H,2,7-10,14H2,1H3,(H2,15,17). The first kappa shape index (κ1) is 16.5. The van der Waals surface area contributed by atoms with E-state index >= 15 is 0 Å². The maximum atomic E-state index is 11.5. The molecule has 0 saturated carbocycles.